The Bertz CT molecular complexity index is 567. The molecule has 0 unspecified atom stereocenters. The van der Waals surface area contributed by atoms with Crippen molar-refractivity contribution in [1.29, 1.82) is 0 Å². The van der Waals surface area contributed by atoms with Gasteiger partial charge < -0.3 is 9.78 Å². The molecule has 1 aliphatic carbocycles. The first-order valence-electron chi connectivity index (χ1n) is 6.20. The summed E-state index contributed by atoms with van der Waals surface area (Å²) in [5, 5.41) is 0. The molecule has 1 aromatic carbocycles. The Morgan fingerprint density at radius 2 is 2.29 bits per heavy atom. The summed E-state index contributed by atoms with van der Waals surface area (Å²) in [5.74, 6) is 2.03. The third-order valence-electron chi connectivity index (χ3n) is 3.29. The van der Waals surface area contributed by atoms with Crippen molar-refractivity contribution in [3.8, 4) is 0 Å². The predicted molar refractivity (Wildman–Crippen MR) is 67.1 cm³/mol. The molecule has 1 heterocycles. The van der Waals surface area contributed by atoms with E-state index >= 15 is 0 Å². The average molecular weight is 228 g/mol. The van der Waals surface area contributed by atoms with Crippen molar-refractivity contribution in [3.05, 3.63) is 29.6 Å². The third kappa shape index (κ3) is 2.23. The van der Waals surface area contributed by atoms with Crippen molar-refractivity contribution in [2.24, 2.45) is 0 Å². The molecule has 3 nitrogen and oxygen atoms in total. The first-order chi connectivity index (χ1) is 8.22. The van der Waals surface area contributed by atoms with Crippen LogP contribution in [0, 0.1) is 0 Å². The summed E-state index contributed by atoms with van der Waals surface area (Å²) in [6.45, 7) is 1.64. The van der Waals surface area contributed by atoms with E-state index in [1.54, 1.807) is 6.92 Å². The largest absolute Gasteiger partial charge is 0.342 e. The number of aryl methyl sites for hydroxylation is 1. The van der Waals surface area contributed by atoms with E-state index in [1.807, 2.05) is 6.07 Å². The van der Waals surface area contributed by atoms with Gasteiger partial charge in [-0.2, -0.15) is 0 Å². The Morgan fingerprint density at radius 3 is 3.00 bits per heavy atom. The van der Waals surface area contributed by atoms with Crippen LogP contribution in [0.15, 0.2) is 18.2 Å². The van der Waals surface area contributed by atoms with Crippen LogP contribution in [-0.2, 0) is 11.2 Å². The molecule has 17 heavy (non-hydrogen) atoms. The highest BCUT2D eigenvalue weighted by molar-refractivity contribution is 5.77. The maximum absolute atomic E-state index is 11.0. The quantitative estimate of drug-likeness (QED) is 0.874. The van der Waals surface area contributed by atoms with Crippen molar-refractivity contribution < 1.29 is 4.79 Å². The standard InChI is InChI=1S/C14H16N2O/c1-9(17)2-3-10-4-7-12-13(8-10)16-14(15-12)11-5-6-11/h4,7-8,11H,2-3,5-6H2,1H3,(H,15,16). The SMILES string of the molecule is CC(=O)CCc1ccc2nc(C3CC3)[nH]c2c1. The number of aromatic amines is 1. The number of nitrogens with one attached hydrogen (secondary N) is 1. The van der Waals surface area contributed by atoms with Crippen molar-refractivity contribution in [2.75, 3.05) is 0 Å². The van der Waals surface area contributed by atoms with Gasteiger partial charge in [-0.25, -0.2) is 4.98 Å². The molecule has 0 atom stereocenters. The third-order valence-corrected chi connectivity index (χ3v) is 3.29. The first kappa shape index (κ1) is 10.5. The fourth-order valence-electron chi connectivity index (χ4n) is 2.10. The number of carbonyl (C=O) groups is 1. The minimum Gasteiger partial charge on any atom is -0.342 e. The van der Waals surface area contributed by atoms with Crippen LogP contribution in [0.5, 0.6) is 0 Å². The van der Waals surface area contributed by atoms with Crippen molar-refractivity contribution in [3.63, 3.8) is 0 Å². The van der Waals surface area contributed by atoms with Crippen LogP contribution in [-0.4, -0.2) is 15.8 Å². The molecule has 0 bridgehead atoms. The number of Topliss-reactive ketones (excluding diaryl/α,β-unsaturated/α-hetero) is 1. The van der Waals surface area contributed by atoms with E-state index in [9.17, 15) is 4.79 Å². The molecule has 1 saturated carbocycles. The highest BCUT2D eigenvalue weighted by Gasteiger charge is 2.26. The summed E-state index contributed by atoms with van der Waals surface area (Å²) in [5.41, 5.74) is 3.35. The summed E-state index contributed by atoms with van der Waals surface area (Å²) < 4.78 is 0. The van der Waals surface area contributed by atoms with Crippen molar-refractivity contribution in [2.45, 2.75) is 38.5 Å². The van der Waals surface area contributed by atoms with E-state index in [0.717, 1.165) is 23.3 Å². The number of fused-ring (bicyclic) bond motifs is 1. The average Bonchev–Trinajstić information content (AvgIpc) is 3.06. The molecular formula is C14H16N2O. The first-order valence-corrected chi connectivity index (χ1v) is 6.20. The predicted octanol–water partition coefficient (Wildman–Crippen LogP) is 2.96. The number of ketones is 1. The molecular weight excluding hydrogens is 212 g/mol. The van der Waals surface area contributed by atoms with E-state index in [4.69, 9.17) is 0 Å². The van der Waals surface area contributed by atoms with Crippen LogP contribution in [0.2, 0.25) is 0 Å². The second-order valence-corrected chi connectivity index (χ2v) is 4.95. The molecule has 88 valence electrons. The minimum absolute atomic E-state index is 0.244. The van der Waals surface area contributed by atoms with Gasteiger partial charge in [0.1, 0.15) is 11.6 Å². The van der Waals surface area contributed by atoms with Crippen LogP contribution in [0.4, 0.5) is 0 Å². The monoisotopic (exact) mass is 228 g/mol. The van der Waals surface area contributed by atoms with Gasteiger partial charge in [0.05, 0.1) is 11.0 Å². The summed E-state index contributed by atoms with van der Waals surface area (Å²) in [4.78, 5) is 18.9. The van der Waals surface area contributed by atoms with Crippen molar-refractivity contribution >= 4 is 16.8 Å². The normalized spacial score (nSPS) is 15.4. The summed E-state index contributed by atoms with van der Waals surface area (Å²) in [6, 6.07) is 6.24. The molecule has 1 aromatic heterocycles. The molecule has 2 aromatic rings. The number of hydrogen-bond donors (Lipinski definition) is 1. The highest BCUT2D eigenvalue weighted by atomic mass is 16.1. The van der Waals surface area contributed by atoms with E-state index in [0.29, 0.717) is 12.3 Å². The van der Waals surface area contributed by atoms with Crippen LogP contribution < -0.4 is 0 Å². The van der Waals surface area contributed by atoms with Crippen LogP contribution in [0.3, 0.4) is 0 Å². The number of nitrogens with zero attached hydrogens (tertiary/aromatic N) is 1. The Balaban J connectivity index is 1.86. The number of aromatic nitrogens is 2. The number of rotatable bonds is 4. The zero-order valence-electron chi connectivity index (χ0n) is 9.99. The maximum atomic E-state index is 11.0. The van der Waals surface area contributed by atoms with E-state index in [2.05, 4.69) is 22.1 Å². The summed E-state index contributed by atoms with van der Waals surface area (Å²) in [7, 11) is 0. The van der Waals surface area contributed by atoms with Gasteiger partial charge in [-0.1, -0.05) is 6.07 Å². The molecule has 1 aliphatic rings. The van der Waals surface area contributed by atoms with Gasteiger partial charge >= 0.3 is 0 Å². The Labute approximate surface area is 100 Å². The van der Waals surface area contributed by atoms with Crippen LogP contribution in [0.25, 0.3) is 11.0 Å². The van der Waals surface area contributed by atoms with Crippen LogP contribution >= 0.6 is 0 Å². The minimum atomic E-state index is 0.244. The van der Waals surface area contributed by atoms with Gasteiger partial charge in [0, 0.05) is 12.3 Å². The lowest BCUT2D eigenvalue weighted by Crippen LogP contribution is -1.93. The Hall–Kier alpha value is -1.64. The molecule has 1 fully saturated rings. The fraction of sp³-hybridized carbons (Fsp3) is 0.429. The zero-order chi connectivity index (χ0) is 11.8. The zero-order valence-corrected chi connectivity index (χ0v) is 9.99. The van der Waals surface area contributed by atoms with Gasteiger partial charge in [0.2, 0.25) is 0 Å². The highest BCUT2D eigenvalue weighted by Crippen LogP contribution is 2.39. The number of hydrogen-bond acceptors (Lipinski definition) is 2. The molecule has 0 aliphatic heterocycles. The summed E-state index contributed by atoms with van der Waals surface area (Å²) in [6.07, 6.45) is 3.96. The van der Waals surface area contributed by atoms with Crippen LogP contribution in [0.1, 0.15) is 43.5 Å². The Morgan fingerprint density at radius 1 is 1.47 bits per heavy atom. The lowest BCUT2D eigenvalue weighted by Gasteiger charge is -1.98. The van der Waals surface area contributed by atoms with Crippen molar-refractivity contribution in [1.82, 2.24) is 9.97 Å². The summed E-state index contributed by atoms with van der Waals surface area (Å²) >= 11 is 0. The molecule has 3 rings (SSSR count). The van der Waals surface area contributed by atoms with Gasteiger partial charge in [0.25, 0.3) is 0 Å². The van der Waals surface area contributed by atoms with E-state index < -0.39 is 0 Å². The lowest BCUT2D eigenvalue weighted by atomic mass is 10.1. The number of carbonyl (C=O) groups excluding carboxylic acids is 1. The van der Waals surface area contributed by atoms with Gasteiger partial charge in [-0.15, -0.1) is 0 Å². The van der Waals surface area contributed by atoms with Gasteiger partial charge in [-0.05, 0) is 43.9 Å². The number of benzene rings is 1. The second-order valence-electron chi connectivity index (χ2n) is 4.95. The maximum Gasteiger partial charge on any atom is 0.130 e. The van der Waals surface area contributed by atoms with Gasteiger partial charge in [0.15, 0.2) is 0 Å². The lowest BCUT2D eigenvalue weighted by molar-refractivity contribution is -0.116. The number of imidazole rings is 1. The molecule has 3 heteroatoms. The second kappa shape index (κ2) is 3.99. The fourth-order valence-corrected chi connectivity index (χ4v) is 2.10. The van der Waals surface area contributed by atoms with E-state index in [-0.39, 0.29) is 5.78 Å². The molecule has 0 saturated heterocycles. The molecule has 0 amide bonds. The van der Waals surface area contributed by atoms with E-state index in [1.165, 1.54) is 18.4 Å². The topological polar surface area (TPSA) is 45.8 Å². The molecule has 0 spiro atoms. The smallest absolute Gasteiger partial charge is 0.130 e. The number of H-pyrrole nitrogens is 1. The van der Waals surface area contributed by atoms with Gasteiger partial charge in [-0.3, -0.25) is 0 Å². The molecule has 0 radical (unpaired) electrons. The Kier molecular flexibility index (Phi) is 2.46. The molecule has 1 N–H and O–H groups in total.